The van der Waals surface area contributed by atoms with E-state index in [9.17, 15) is 28.1 Å². The van der Waals surface area contributed by atoms with Crippen molar-refractivity contribution in [2.45, 2.75) is 68.2 Å². The SMILES string of the molecule is CN(C1(C(=O)CC2C3CC4CC2CC(C(N)=O)(C4)C3)CCC1)S(=O)(=O)c1ccccc1[N+](=O)[O-]. The van der Waals surface area contributed by atoms with Crippen molar-refractivity contribution in [2.75, 3.05) is 7.05 Å². The summed E-state index contributed by atoms with van der Waals surface area (Å²) in [5.74, 6) is 0.817. The standard InChI is InChI=1S/C24H31N3O6S/c1-26(34(32,33)20-6-3-2-5-19(20)27(30)31)24(7-4-8-24)21(28)11-18-16-9-15-10-17(18)14-23(12-15,13-16)22(25)29/h2-3,5-6,15-18H,4,7-14H2,1H3,(H2,25,29). The molecule has 0 radical (unpaired) electrons. The number of nitrogens with zero attached hydrogens (tertiary/aromatic N) is 2. The van der Waals surface area contributed by atoms with Gasteiger partial charge in [0.1, 0.15) is 0 Å². The van der Waals surface area contributed by atoms with Crippen molar-refractivity contribution >= 4 is 27.4 Å². The number of nitrogens with two attached hydrogens (primary N) is 1. The lowest BCUT2D eigenvalue weighted by Gasteiger charge is -2.59. The molecule has 6 rings (SSSR count). The molecule has 1 aromatic rings. The number of likely N-dealkylation sites (N-methyl/N-ethyl adjacent to an activating group) is 1. The van der Waals surface area contributed by atoms with Gasteiger partial charge in [-0.2, -0.15) is 4.31 Å². The number of primary amides is 1. The van der Waals surface area contributed by atoms with Gasteiger partial charge in [0.25, 0.3) is 15.7 Å². The molecule has 5 aliphatic rings. The first-order valence-electron chi connectivity index (χ1n) is 12.1. The topological polar surface area (TPSA) is 141 Å². The summed E-state index contributed by atoms with van der Waals surface area (Å²) in [5, 5.41) is 11.5. The number of nitro groups is 1. The average molecular weight is 490 g/mol. The van der Waals surface area contributed by atoms with Crippen LogP contribution in [0.5, 0.6) is 0 Å². The molecular formula is C24H31N3O6S. The van der Waals surface area contributed by atoms with E-state index in [1.165, 1.54) is 31.3 Å². The highest BCUT2D eigenvalue weighted by molar-refractivity contribution is 7.89. The van der Waals surface area contributed by atoms with Crippen LogP contribution in [0.15, 0.2) is 29.2 Å². The summed E-state index contributed by atoms with van der Waals surface area (Å²) in [5.41, 5.74) is 3.69. The molecule has 0 heterocycles. The fraction of sp³-hybridized carbons (Fsp3) is 0.667. The molecule has 34 heavy (non-hydrogen) atoms. The molecular weight excluding hydrogens is 458 g/mol. The third-order valence-electron chi connectivity index (χ3n) is 9.42. The molecule has 0 aromatic heterocycles. The van der Waals surface area contributed by atoms with Crippen molar-refractivity contribution in [3.05, 3.63) is 34.4 Å². The zero-order valence-electron chi connectivity index (χ0n) is 19.3. The molecule has 5 aliphatic carbocycles. The van der Waals surface area contributed by atoms with E-state index in [0.717, 1.165) is 42.8 Å². The predicted molar refractivity (Wildman–Crippen MR) is 123 cm³/mol. The molecule has 4 bridgehead atoms. The number of rotatable bonds is 8. The lowest BCUT2D eigenvalue weighted by Crippen LogP contribution is -2.61. The highest BCUT2D eigenvalue weighted by atomic mass is 32.2. The summed E-state index contributed by atoms with van der Waals surface area (Å²) in [4.78, 5) is 36.4. The normalized spacial score (nSPS) is 33.5. The lowest BCUT2D eigenvalue weighted by atomic mass is 9.45. The van der Waals surface area contributed by atoms with Crippen LogP contribution in [0.4, 0.5) is 5.69 Å². The molecule has 5 fully saturated rings. The van der Waals surface area contributed by atoms with Crippen LogP contribution < -0.4 is 5.73 Å². The third-order valence-corrected chi connectivity index (χ3v) is 11.4. The van der Waals surface area contributed by atoms with Crippen LogP contribution in [0.1, 0.15) is 57.8 Å². The number of para-hydroxylation sites is 1. The van der Waals surface area contributed by atoms with Gasteiger partial charge in [-0.25, -0.2) is 8.42 Å². The van der Waals surface area contributed by atoms with Crippen molar-refractivity contribution in [3.63, 3.8) is 0 Å². The number of nitro benzene ring substituents is 1. The maximum atomic E-state index is 13.8. The van der Waals surface area contributed by atoms with Crippen LogP contribution in [0.25, 0.3) is 0 Å². The molecule has 5 saturated carbocycles. The quantitative estimate of drug-likeness (QED) is 0.439. The van der Waals surface area contributed by atoms with Crippen LogP contribution in [0, 0.1) is 39.2 Å². The van der Waals surface area contributed by atoms with E-state index in [-0.39, 0.29) is 40.8 Å². The average Bonchev–Trinajstić information content (AvgIpc) is 2.74. The largest absolute Gasteiger partial charge is 0.369 e. The van der Waals surface area contributed by atoms with Crippen molar-refractivity contribution in [1.29, 1.82) is 0 Å². The second-order valence-electron chi connectivity index (χ2n) is 11.0. The predicted octanol–water partition coefficient (Wildman–Crippen LogP) is 3.03. The smallest absolute Gasteiger partial charge is 0.289 e. The number of benzene rings is 1. The molecule has 1 aromatic carbocycles. The minimum Gasteiger partial charge on any atom is -0.369 e. The second kappa shape index (κ2) is 7.84. The van der Waals surface area contributed by atoms with Gasteiger partial charge < -0.3 is 5.73 Å². The fourth-order valence-corrected chi connectivity index (χ4v) is 9.35. The zero-order chi connectivity index (χ0) is 24.5. The molecule has 2 atom stereocenters. The molecule has 10 heteroatoms. The Morgan fingerprint density at radius 2 is 1.76 bits per heavy atom. The van der Waals surface area contributed by atoms with Crippen molar-refractivity contribution in [2.24, 2.45) is 34.8 Å². The first-order valence-corrected chi connectivity index (χ1v) is 13.5. The second-order valence-corrected chi connectivity index (χ2v) is 12.9. The van der Waals surface area contributed by atoms with Crippen LogP contribution in [0.3, 0.4) is 0 Å². The maximum Gasteiger partial charge on any atom is 0.289 e. The summed E-state index contributed by atoms with van der Waals surface area (Å²) in [6.45, 7) is 0. The molecule has 184 valence electrons. The van der Waals surface area contributed by atoms with Gasteiger partial charge in [-0.3, -0.25) is 19.7 Å². The molecule has 9 nitrogen and oxygen atoms in total. The highest BCUT2D eigenvalue weighted by Gasteiger charge is 2.59. The van der Waals surface area contributed by atoms with Crippen molar-refractivity contribution < 1.29 is 22.9 Å². The Hall–Kier alpha value is -2.33. The summed E-state index contributed by atoms with van der Waals surface area (Å²) in [6, 6.07) is 5.26. The van der Waals surface area contributed by atoms with E-state index in [1.807, 2.05) is 0 Å². The van der Waals surface area contributed by atoms with Gasteiger partial charge in [0.15, 0.2) is 10.7 Å². The summed E-state index contributed by atoms with van der Waals surface area (Å²) < 4.78 is 28.0. The lowest BCUT2D eigenvalue weighted by molar-refractivity contribution is -0.387. The Kier molecular flexibility index (Phi) is 5.40. The maximum absolute atomic E-state index is 13.8. The molecule has 0 aliphatic heterocycles. The number of hydrogen-bond donors (Lipinski definition) is 1. The zero-order valence-corrected chi connectivity index (χ0v) is 20.1. The minimum absolute atomic E-state index is 0.103. The van der Waals surface area contributed by atoms with E-state index in [2.05, 4.69) is 0 Å². The van der Waals surface area contributed by atoms with Gasteiger partial charge in [0.05, 0.1) is 10.5 Å². The van der Waals surface area contributed by atoms with Crippen LogP contribution in [-0.2, 0) is 19.6 Å². The molecule has 0 saturated heterocycles. The van der Waals surface area contributed by atoms with Crippen LogP contribution in [0.2, 0.25) is 0 Å². The Morgan fingerprint density at radius 3 is 2.29 bits per heavy atom. The summed E-state index contributed by atoms with van der Waals surface area (Å²) >= 11 is 0. The van der Waals surface area contributed by atoms with E-state index < -0.39 is 31.6 Å². The highest BCUT2D eigenvalue weighted by Crippen LogP contribution is 2.63. The first-order chi connectivity index (χ1) is 16.0. The summed E-state index contributed by atoms with van der Waals surface area (Å²) in [6.07, 6.45) is 6.16. The van der Waals surface area contributed by atoms with Crippen molar-refractivity contribution in [1.82, 2.24) is 4.31 Å². The first kappa shape index (κ1) is 23.4. The number of carbonyl (C=O) groups is 2. The minimum atomic E-state index is -4.25. The Labute approximate surface area is 199 Å². The van der Waals surface area contributed by atoms with E-state index >= 15 is 0 Å². The van der Waals surface area contributed by atoms with Gasteiger partial charge in [-0.05, 0) is 81.1 Å². The Balaban J connectivity index is 1.40. The van der Waals surface area contributed by atoms with Gasteiger partial charge >= 0.3 is 0 Å². The summed E-state index contributed by atoms with van der Waals surface area (Å²) in [7, 11) is -2.87. The number of amides is 1. The van der Waals surface area contributed by atoms with Crippen molar-refractivity contribution in [3.8, 4) is 0 Å². The van der Waals surface area contributed by atoms with Crippen LogP contribution in [-0.4, -0.2) is 41.9 Å². The number of carbonyl (C=O) groups excluding carboxylic acids is 2. The van der Waals surface area contributed by atoms with Gasteiger partial charge in [-0.1, -0.05) is 12.1 Å². The molecule has 1 amide bonds. The fourth-order valence-electron chi connectivity index (χ4n) is 7.65. The third kappa shape index (κ3) is 3.32. The molecule has 0 spiro atoms. The number of Topliss-reactive ketones (excluding diaryl/α,β-unsaturated/α-hetero) is 1. The van der Waals surface area contributed by atoms with Gasteiger partial charge in [0.2, 0.25) is 5.91 Å². The monoisotopic (exact) mass is 489 g/mol. The van der Waals surface area contributed by atoms with E-state index in [0.29, 0.717) is 18.8 Å². The number of ketones is 1. The van der Waals surface area contributed by atoms with E-state index in [1.54, 1.807) is 0 Å². The van der Waals surface area contributed by atoms with Crippen LogP contribution >= 0.6 is 0 Å². The number of hydrogen-bond acceptors (Lipinski definition) is 6. The van der Waals surface area contributed by atoms with E-state index in [4.69, 9.17) is 5.73 Å². The molecule has 2 N–H and O–H groups in total. The Morgan fingerprint density at radius 1 is 1.15 bits per heavy atom. The molecule has 2 unspecified atom stereocenters. The Bertz CT molecular complexity index is 1140. The number of sulfonamides is 1. The van der Waals surface area contributed by atoms with Gasteiger partial charge in [-0.15, -0.1) is 0 Å². The van der Waals surface area contributed by atoms with Gasteiger partial charge in [0, 0.05) is 24.9 Å².